The molecule has 0 saturated heterocycles. The number of nitrogens with one attached hydrogen (secondary N) is 1. The number of anilines is 1. The lowest BCUT2D eigenvalue weighted by Gasteiger charge is -2.19. The van der Waals surface area contributed by atoms with Gasteiger partial charge in [0.2, 0.25) is 11.2 Å². The standard InChI is InChI=1S/C30H29NO6/c1-5-35-29(34)20-12-16-22(17-13-20)31-25(32)18-36-28-26(33)23-8-6-7-9-24(23)37-27(28)19-10-14-21(15-11-19)30(2,3)4/h6-17H,5,18H2,1-4H3,(H,31,32). The van der Waals surface area contributed by atoms with Gasteiger partial charge < -0.3 is 19.2 Å². The van der Waals surface area contributed by atoms with Crippen LogP contribution < -0.4 is 15.5 Å². The molecule has 0 saturated carbocycles. The number of amides is 1. The van der Waals surface area contributed by atoms with Gasteiger partial charge in [0.1, 0.15) is 5.58 Å². The summed E-state index contributed by atoms with van der Waals surface area (Å²) in [5.41, 5.74) is 2.70. The number of rotatable bonds is 7. The molecule has 0 unspecified atom stereocenters. The third-order valence-corrected chi connectivity index (χ3v) is 5.80. The highest BCUT2D eigenvalue weighted by molar-refractivity contribution is 5.94. The number of carbonyl (C=O) groups is 2. The molecule has 1 amide bonds. The first kappa shape index (κ1) is 25.7. The molecule has 0 bridgehead atoms. The number of hydrogen-bond acceptors (Lipinski definition) is 6. The van der Waals surface area contributed by atoms with Gasteiger partial charge in [-0.2, -0.15) is 0 Å². The minimum absolute atomic E-state index is 0.0324. The van der Waals surface area contributed by atoms with E-state index in [0.717, 1.165) is 5.56 Å². The van der Waals surface area contributed by atoms with Gasteiger partial charge in [-0.1, -0.05) is 57.2 Å². The van der Waals surface area contributed by atoms with Crippen LogP contribution in [0.3, 0.4) is 0 Å². The molecule has 0 fully saturated rings. The molecule has 0 atom stereocenters. The molecule has 1 aromatic heterocycles. The maximum absolute atomic E-state index is 13.3. The zero-order chi connectivity index (χ0) is 26.6. The first-order valence-electron chi connectivity index (χ1n) is 12.0. The normalized spacial score (nSPS) is 11.2. The predicted molar refractivity (Wildman–Crippen MR) is 143 cm³/mol. The van der Waals surface area contributed by atoms with Crippen molar-refractivity contribution in [2.75, 3.05) is 18.5 Å². The highest BCUT2D eigenvalue weighted by Gasteiger charge is 2.20. The SMILES string of the molecule is CCOC(=O)c1ccc(NC(=O)COc2c(-c3ccc(C(C)(C)C)cc3)oc3ccccc3c2=O)cc1. The molecule has 4 aromatic rings. The summed E-state index contributed by atoms with van der Waals surface area (Å²) in [6.07, 6.45) is 0. The number of ether oxygens (including phenoxy) is 2. The van der Waals surface area contributed by atoms with Gasteiger partial charge in [-0.25, -0.2) is 4.79 Å². The van der Waals surface area contributed by atoms with Gasteiger partial charge in [0.05, 0.1) is 17.6 Å². The summed E-state index contributed by atoms with van der Waals surface area (Å²) in [6, 6.07) is 21.0. The molecule has 0 radical (unpaired) electrons. The van der Waals surface area contributed by atoms with Gasteiger partial charge in [-0.05, 0) is 54.3 Å². The van der Waals surface area contributed by atoms with E-state index in [1.54, 1.807) is 55.5 Å². The third kappa shape index (κ3) is 5.89. The van der Waals surface area contributed by atoms with E-state index in [9.17, 15) is 14.4 Å². The number of fused-ring (bicyclic) bond motifs is 1. The Hall–Kier alpha value is -4.39. The average Bonchev–Trinajstić information content (AvgIpc) is 2.88. The van der Waals surface area contributed by atoms with Crippen molar-refractivity contribution in [1.82, 2.24) is 0 Å². The van der Waals surface area contributed by atoms with Crippen LogP contribution in [-0.2, 0) is 14.9 Å². The molecule has 0 spiro atoms. The molecular formula is C30H29NO6. The monoisotopic (exact) mass is 499 g/mol. The van der Waals surface area contributed by atoms with Crippen molar-refractivity contribution in [1.29, 1.82) is 0 Å². The van der Waals surface area contributed by atoms with Crippen LogP contribution in [0.15, 0.2) is 82.0 Å². The maximum atomic E-state index is 13.3. The number of carbonyl (C=O) groups excluding carboxylic acids is 2. The number of esters is 1. The summed E-state index contributed by atoms with van der Waals surface area (Å²) in [6.45, 7) is 7.96. The molecular weight excluding hydrogens is 470 g/mol. The van der Waals surface area contributed by atoms with Crippen LogP contribution in [-0.4, -0.2) is 25.1 Å². The lowest BCUT2D eigenvalue weighted by atomic mass is 9.86. The topological polar surface area (TPSA) is 94.8 Å². The summed E-state index contributed by atoms with van der Waals surface area (Å²) in [4.78, 5) is 37.7. The van der Waals surface area contributed by atoms with Crippen molar-refractivity contribution in [3.63, 3.8) is 0 Å². The first-order valence-corrected chi connectivity index (χ1v) is 12.0. The van der Waals surface area contributed by atoms with Crippen LogP contribution in [0, 0.1) is 0 Å². The summed E-state index contributed by atoms with van der Waals surface area (Å²) in [5, 5.41) is 3.07. The Bertz CT molecular complexity index is 1480. The van der Waals surface area contributed by atoms with E-state index in [4.69, 9.17) is 13.9 Å². The summed E-state index contributed by atoms with van der Waals surface area (Å²) in [5.74, 6) is -0.675. The van der Waals surface area contributed by atoms with Crippen LogP contribution >= 0.6 is 0 Å². The summed E-state index contributed by atoms with van der Waals surface area (Å²) < 4.78 is 16.8. The molecule has 1 heterocycles. The van der Waals surface area contributed by atoms with Crippen LogP contribution in [0.1, 0.15) is 43.6 Å². The van der Waals surface area contributed by atoms with Gasteiger partial charge >= 0.3 is 5.97 Å². The van der Waals surface area contributed by atoms with Crippen LogP contribution in [0.4, 0.5) is 5.69 Å². The molecule has 7 nitrogen and oxygen atoms in total. The second-order valence-corrected chi connectivity index (χ2v) is 9.55. The minimum Gasteiger partial charge on any atom is -0.476 e. The molecule has 0 aliphatic rings. The van der Waals surface area contributed by atoms with Gasteiger partial charge in [0.15, 0.2) is 12.4 Å². The van der Waals surface area contributed by atoms with Crippen LogP contribution in [0.25, 0.3) is 22.3 Å². The van der Waals surface area contributed by atoms with E-state index in [2.05, 4.69) is 26.1 Å². The summed E-state index contributed by atoms with van der Waals surface area (Å²) in [7, 11) is 0. The lowest BCUT2D eigenvalue weighted by molar-refractivity contribution is -0.118. The van der Waals surface area contributed by atoms with E-state index in [-0.39, 0.29) is 29.0 Å². The molecule has 37 heavy (non-hydrogen) atoms. The Morgan fingerprint density at radius 2 is 1.59 bits per heavy atom. The van der Waals surface area contributed by atoms with E-state index < -0.39 is 18.5 Å². The van der Waals surface area contributed by atoms with Crippen molar-refractivity contribution in [2.24, 2.45) is 0 Å². The quantitative estimate of drug-likeness (QED) is 0.316. The molecule has 4 rings (SSSR count). The Morgan fingerprint density at radius 3 is 2.24 bits per heavy atom. The van der Waals surface area contributed by atoms with Gasteiger partial charge in [0.25, 0.3) is 5.91 Å². The first-order chi connectivity index (χ1) is 17.7. The zero-order valence-electron chi connectivity index (χ0n) is 21.3. The Kier molecular flexibility index (Phi) is 7.43. The highest BCUT2D eigenvalue weighted by atomic mass is 16.5. The highest BCUT2D eigenvalue weighted by Crippen LogP contribution is 2.32. The lowest BCUT2D eigenvalue weighted by Crippen LogP contribution is -2.22. The average molecular weight is 500 g/mol. The Balaban J connectivity index is 1.58. The van der Waals surface area contributed by atoms with Gasteiger partial charge in [-0.3, -0.25) is 9.59 Å². The molecule has 1 N–H and O–H groups in total. The fourth-order valence-corrected chi connectivity index (χ4v) is 3.81. The number of hydrogen-bond donors (Lipinski definition) is 1. The van der Waals surface area contributed by atoms with Crippen LogP contribution in [0.2, 0.25) is 0 Å². The van der Waals surface area contributed by atoms with Crippen molar-refractivity contribution >= 4 is 28.5 Å². The zero-order valence-corrected chi connectivity index (χ0v) is 21.3. The van der Waals surface area contributed by atoms with Crippen molar-refractivity contribution in [3.8, 4) is 17.1 Å². The van der Waals surface area contributed by atoms with Crippen molar-refractivity contribution in [2.45, 2.75) is 33.1 Å². The number of para-hydroxylation sites is 1. The van der Waals surface area contributed by atoms with E-state index in [1.807, 2.05) is 24.3 Å². The fourth-order valence-electron chi connectivity index (χ4n) is 3.81. The molecule has 0 aliphatic heterocycles. The van der Waals surface area contributed by atoms with E-state index in [1.165, 1.54) is 0 Å². The molecule has 190 valence electrons. The van der Waals surface area contributed by atoms with E-state index >= 15 is 0 Å². The smallest absolute Gasteiger partial charge is 0.338 e. The van der Waals surface area contributed by atoms with E-state index in [0.29, 0.717) is 27.8 Å². The second kappa shape index (κ2) is 10.7. The fraction of sp³-hybridized carbons (Fsp3) is 0.233. The largest absolute Gasteiger partial charge is 0.476 e. The van der Waals surface area contributed by atoms with Crippen molar-refractivity contribution < 1.29 is 23.5 Å². The van der Waals surface area contributed by atoms with Gasteiger partial charge in [0, 0.05) is 11.3 Å². The number of benzene rings is 3. The van der Waals surface area contributed by atoms with Crippen molar-refractivity contribution in [3.05, 3.63) is 94.1 Å². The van der Waals surface area contributed by atoms with Crippen LogP contribution in [0.5, 0.6) is 5.75 Å². The maximum Gasteiger partial charge on any atom is 0.338 e. The molecule has 7 heteroatoms. The Morgan fingerprint density at radius 1 is 0.919 bits per heavy atom. The molecule has 3 aromatic carbocycles. The minimum atomic E-state index is -0.467. The predicted octanol–water partition coefficient (Wildman–Crippen LogP) is 5.95. The second-order valence-electron chi connectivity index (χ2n) is 9.55. The summed E-state index contributed by atoms with van der Waals surface area (Å²) >= 11 is 0. The molecule has 0 aliphatic carbocycles. The third-order valence-electron chi connectivity index (χ3n) is 5.80. The van der Waals surface area contributed by atoms with Gasteiger partial charge in [-0.15, -0.1) is 0 Å². The Labute approximate surface area is 215 Å².